The normalized spacial score (nSPS) is 10.3. The van der Waals surface area contributed by atoms with E-state index < -0.39 is 11.8 Å². The number of tetrazole rings is 1. The highest BCUT2D eigenvalue weighted by atomic mass is 35.5. The highest BCUT2D eigenvalue weighted by molar-refractivity contribution is 6.31. The van der Waals surface area contributed by atoms with Gasteiger partial charge in [-0.05, 0) is 35.5 Å². The molecule has 3 rings (SSSR count). The number of carbonyl (C=O) groups excluding carboxylic acids is 2. The second-order valence-electron chi connectivity index (χ2n) is 5.68. The van der Waals surface area contributed by atoms with Gasteiger partial charge in [0.1, 0.15) is 18.0 Å². The maximum atomic E-state index is 12.2. The van der Waals surface area contributed by atoms with Crippen LogP contribution in [0.15, 0.2) is 48.5 Å². The van der Waals surface area contributed by atoms with Crippen molar-refractivity contribution in [2.45, 2.75) is 13.2 Å². The van der Waals surface area contributed by atoms with Crippen LogP contribution in [0.5, 0.6) is 11.5 Å². The number of nitrogens with zero attached hydrogens (tertiary/aromatic N) is 4. The predicted molar refractivity (Wildman–Crippen MR) is 102 cm³/mol. The van der Waals surface area contributed by atoms with Crippen LogP contribution in [0.1, 0.15) is 16.2 Å². The van der Waals surface area contributed by atoms with Crippen LogP contribution >= 0.6 is 11.6 Å². The van der Waals surface area contributed by atoms with Crippen LogP contribution in [0.4, 0.5) is 0 Å². The number of methoxy groups -OCH3 is 1. The summed E-state index contributed by atoms with van der Waals surface area (Å²) in [4.78, 5) is 25.3. The Kier molecular flexibility index (Phi) is 6.59. The Morgan fingerprint density at radius 1 is 1.14 bits per heavy atom. The summed E-state index contributed by atoms with van der Waals surface area (Å²) in [6, 6.07) is 13.7. The van der Waals surface area contributed by atoms with E-state index in [0.717, 1.165) is 4.80 Å². The molecule has 0 aliphatic carbocycles. The minimum atomic E-state index is -0.582. The summed E-state index contributed by atoms with van der Waals surface area (Å²) >= 11 is 5.90. The molecule has 11 heteroatoms. The lowest BCUT2D eigenvalue weighted by Gasteiger charge is -2.10. The Hall–Kier alpha value is -3.66. The minimum Gasteiger partial charge on any atom is -0.496 e. The lowest BCUT2D eigenvalue weighted by Crippen LogP contribution is -2.43. The maximum absolute atomic E-state index is 12.2. The summed E-state index contributed by atoms with van der Waals surface area (Å²) in [6.07, 6.45) is 0. The average molecular weight is 417 g/mol. The molecule has 0 atom stereocenters. The number of carbonyl (C=O) groups is 2. The molecule has 0 bridgehead atoms. The van der Waals surface area contributed by atoms with Gasteiger partial charge in [0, 0.05) is 5.02 Å². The number of hydrogen-bond donors (Lipinski definition) is 2. The van der Waals surface area contributed by atoms with Crippen molar-refractivity contribution in [2.24, 2.45) is 0 Å². The van der Waals surface area contributed by atoms with Crippen LogP contribution in [0, 0.1) is 0 Å². The van der Waals surface area contributed by atoms with Gasteiger partial charge < -0.3 is 9.47 Å². The first-order chi connectivity index (χ1) is 14.0. The zero-order chi connectivity index (χ0) is 20.6. The largest absolute Gasteiger partial charge is 0.496 e. The van der Waals surface area contributed by atoms with E-state index in [9.17, 15) is 9.59 Å². The zero-order valence-corrected chi connectivity index (χ0v) is 16.1. The number of aromatic nitrogens is 4. The molecule has 0 fully saturated rings. The third-order valence-corrected chi connectivity index (χ3v) is 3.85. The van der Waals surface area contributed by atoms with Crippen LogP contribution in [0.2, 0.25) is 5.02 Å². The summed E-state index contributed by atoms with van der Waals surface area (Å²) in [5, 5.41) is 12.0. The topological polar surface area (TPSA) is 120 Å². The van der Waals surface area contributed by atoms with Crippen molar-refractivity contribution in [3.05, 3.63) is 64.9 Å². The van der Waals surface area contributed by atoms with Crippen molar-refractivity contribution in [3.8, 4) is 11.5 Å². The molecular weight excluding hydrogens is 400 g/mol. The first kappa shape index (κ1) is 20.1. The predicted octanol–water partition coefficient (Wildman–Crippen LogP) is 1.38. The minimum absolute atomic E-state index is 0.108. The third kappa shape index (κ3) is 5.66. The molecule has 3 aromatic rings. The standard InChI is InChI=1S/C18H17ClN6O4/c1-28-15-8-7-12(19)9-14(15)18(27)22-21-17(26)10-25-23-16(20-24-25)11-29-13-5-3-2-4-6-13/h2-9H,10-11H2,1H3,(H,21,26)(H,22,27). The fourth-order valence-electron chi connectivity index (χ4n) is 2.29. The van der Waals surface area contributed by atoms with Gasteiger partial charge in [-0.15, -0.1) is 10.2 Å². The van der Waals surface area contributed by atoms with E-state index in [0.29, 0.717) is 22.3 Å². The van der Waals surface area contributed by atoms with E-state index in [1.807, 2.05) is 18.2 Å². The van der Waals surface area contributed by atoms with E-state index in [1.54, 1.807) is 24.3 Å². The molecule has 1 heterocycles. The molecule has 2 aromatic carbocycles. The van der Waals surface area contributed by atoms with E-state index in [4.69, 9.17) is 21.1 Å². The summed E-state index contributed by atoms with van der Waals surface area (Å²) in [5.74, 6) is 0.172. The van der Waals surface area contributed by atoms with Crippen molar-refractivity contribution >= 4 is 23.4 Å². The van der Waals surface area contributed by atoms with E-state index in [1.165, 1.54) is 13.2 Å². The van der Waals surface area contributed by atoms with Crippen LogP contribution in [-0.2, 0) is 17.9 Å². The van der Waals surface area contributed by atoms with Gasteiger partial charge in [-0.2, -0.15) is 4.80 Å². The molecular formula is C18H17ClN6O4. The number of halogens is 1. The first-order valence-electron chi connectivity index (χ1n) is 8.42. The molecule has 1 aromatic heterocycles. The van der Waals surface area contributed by atoms with Gasteiger partial charge in [-0.25, -0.2) is 0 Å². The Balaban J connectivity index is 1.49. The van der Waals surface area contributed by atoms with Gasteiger partial charge in [0.25, 0.3) is 11.8 Å². The lowest BCUT2D eigenvalue weighted by atomic mass is 10.2. The summed E-state index contributed by atoms with van der Waals surface area (Å²) in [6.45, 7) is -0.137. The summed E-state index contributed by atoms with van der Waals surface area (Å²) < 4.78 is 10.6. The quantitative estimate of drug-likeness (QED) is 0.558. The lowest BCUT2D eigenvalue weighted by molar-refractivity contribution is -0.122. The van der Waals surface area contributed by atoms with Crippen LogP contribution in [-0.4, -0.2) is 39.1 Å². The van der Waals surface area contributed by atoms with E-state index in [-0.39, 0.29) is 18.7 Å². The molecule has 10 nitrogen and oxygen atoms in total. The van der Waals surface area contributed by atoms with Crippen molar-refractivity contribution in [1.29, 1.82) is 0 Å². The smallest absolute Gasteiger partial charge is 0.273 e. The van der Waals surface area contributed by atoms with Crippen LogP contribution < -0.4 is 20.3 Å². The van der Waals surface area contributed by atoms with Gasteiger partial charge in [0.2, 0.25) is 5.82 Å². The van der Waals surface area contributed by atoms with E-state index >= 15 is 0 Å². The molecule has 0 aliphatic rings. The van der Waals surface area contributed by atoms with Gasteiger partial charge in [0.15, 0.2) is 6.61 Å². The Morgan fingerprint density at radius 3 is 2.69 bits per heavy atom. The number of hydrogen-bond acceptors (Lipinski definition) is 7. The summed E-state index contributed by atoms with van der Waals surface area (Å²) in [7, 11) is 1.42. The number of ether oxygens (including phenoxy) is 2. The van der Waals surface area contributed by atoms with Crippen molar-refractivity contribution in [1.82, 2.24) is 31.1 Å². The fraction of sp³-hybridized carbons (Fsp3) is 0.167. The van der Waals surface area contributed by atoms with Gasteiger partial charge >= 0.3 is 0 Å². The summed E-state index contributed by atoms with van der Waals surface area (Å²) in [5.41, 5.74) is 4.73. The molecule has 150 valence electrons. The van der Waals surface area contributed by atoms with E-state index in [2.05, 4.69) is 26.3 Å². The van der Waals surface area contributed by atoms with Crippen LogP contribution in [0.3, 0.4) is 0 Å². The van der Waals surface area contributed by atoms with Gasteiger partial charge in [-0.1, -0.05) is 29.8 Å². The maximum Gasteiger partial charge on any atom is 0.273 e. The highest BCUT2D eigenvalue weighted by Crippen LogP contribution is 2.22. The number of para-hydroxylation sites is 1. The molecule has 0 unspecified atom stereocenters. The molecule has 0 radical (unpaired) electrons. The number of nitrogens with one attached hydrogen (secondary N) is 2. The Morgan fingerprint density at radius 2 is 1.93 bits per heavy atom. The SMILES string of the molecule is COc1ccc(Cl)cc1C(=O)NNC(=O)Cn1nnc(COc2ccccc2)n1. The molecule has 29 heavy (non-hydrogen) atoms. The molecule has 0 saturated heterocycles. The monoisotopic (exact) mass is 416 g/mol. The second-order valence-corrected chi connectivity index (χ2v) is 6.12. The number of amides is 2. The molecule has 0 spiro atoms. The van der Waals surface area contributed by atoms with Crippen molar-refractivity contribution in [3.63, 3.8) is 0 Å². The zero-order valence-electron chi connectivity index (χ0n) is 15.3. The molecule has 2 amide bonds. The van der Waals surface area contributed by atoms with Crippen LogP contribution in [0.25, 0.3) is 0 Å². The first-order valence-corrected chi connectivity index (χ1v) is 8.80. The van der Waals surface area contributed by atoms with Gasteiger partial charge in [0.05, 0.1) is 12.7 Å². The van der Waals surface area contributed by atoms with Crippen molar-refractivity contribution < 1.29 is 19.1 Å². The molecule has 0 aliphatic heterocycles. The fourth-order valence-corrected chi connectivity index (χ4v) is 2.46. The number of hydrazine groups is 1. The second kappa shape index (κ2) is 9.51. The van der Waals surface area contributed by atoms with Gasteiger partial charge in [-0.3, -0.25) is 20.4 Å². The molecule has 2 N–H and O–H groups in total. The highest BCUT2D eigenvalue weighted by Gasteiger charge is 2.14. The Labute approximate surface area is 170 Å². The average Bonchev–Trinajstić information content (AvgIpc) is 3.18. The number of benzene rings is 2. The Bertz CT molecular complexity index is 995. The molecule has 0 saturated carbocycles. The van der Waals surface area contributed by atoms with Crippen molar-refractivity contribution in [2.75, 3.05) is 7.11 Å². The third-order valence-electron chi connectivity index (χ3n) is 3.61. The number of rotatable bonds is 7.